The van der Waals surface area contributed by atoms with E-state index in [0.717, 1.165) is 0 Å². The summed E-state index contributed by atoms with van der Waals surface area (Å²) < 4.78 is 10.9. The summed E-state index contributed by atoms with van der Waals surface area (Å²) in [5, 5.41) is 0. The molecule has 0 aliphatic heterocycles. The molecular weight excluding hydrogens is 238 g/mol. The Morgan fingerprint density at radius 1 is 1.29 bits per heavy atom. The second kappa shape index (κ2) is 5.88. The van der Waals surface area contributed by atoms with Crippen LogP contribution in [0.5, 0.6) is 5.88 Å². The van der Waals surface area contributed by atoms with Crippen molar-refractivity contribution in [3.05, 3.63) is 18.1 Å². The molecule has 0 atom stereocenters. The number of hydrogen-bond acceptors (Lipinski definition) is 5. The maximum Gasteiger partial charge on any atom is 0.232 e. The summed E-state index contributed by atoms with van der Waals surface area (Å²) in [6.07, 6.45) is 2.98. The topological polar surface area (TPSA) is 70.3 Å². The van der Waals surface area contributed by atoms with Crippen molar-refractivity contribution in [1.82, 2.24) is 9.97 Å². The average Bonchev–Trinajstić information content (AvgIpc) is 2.24. The number of aromatic nitrogens is 2. The molecule has 2 N–H and O–H groups in total. The van der Waals surface area contributed by atoms with Gasteiger partial charge < -0.3 is 15.2 Å². The van der Waals surface area contributed by atoms with E-state index in [1.54, 1.807) is 0 Å². The van der Waals surface area contributed by atoms with Crippen LogP contribution >= 0.6 is 12.2 Å². The van der Waals surface area contributed by atoms with Crippen LogP contribution in [0.15, 0.2) is 12.4 Å². The second-order valence-corrected chi connectivity index (χ2v) is 4.85. The first-order valence-corrected chi connectivity index (χ1v) is 5.68. The lowest BCUT2D eigenvalue weighted by Crippen LogP contribution is -2.22. The zero-order chi connectivity index (χ0) is 12.9. The number of ether oxygens (including phenoxy) is 2. The second-order valence-electron chi connectivity index (χ2n) is 4.41. The Balaban J connectivity index is 2.35. The monoisotopic (exact) mass is 255 g/mol. The highest BCUT2D eigenvalue weighted by atomic mass is 32.1. The highest BCUT2D eigenvalue weighted by molar-refractivity contribution is 7.80. The lowest BCUT2D eigenvalue weighted by Gasteiger charge is -2.19. The molecule has 0 amide bonds. The van der Waals surface area contributed by atoms with Crippen LogP contribution in [0.25, 0.3) is 0 Å². The number of thiocarbonyl (C=S) groups is 1. The summed E-state index contributed by atoms with van der Waals surface area (Å²) >= 11 is 4.77. The minimum Gasteiger partial charge on any atom is -0.474 e. The van der Waals surface area contributed by atoms with Crippen molar-refractivity contribution < 1.29 is 9.47 Å². The fraction of sp³-hybridized carbons (Fsp3) is 0.545. The van der Waals surface area contributed by atoms with Gasteiger partial charge in [0.05, 0.1) is 24.6 Å². The summed E-state index contributed by atoms with van der Waals surface area (Å²) in [6.45, 7) is 6.90. The summed E-state index contributed by atoms with van der Waals surface area (Å²) in [5.41, 5.74) is 5.72. The van der Waals surface area contributed by atoms with E-state index in [0.29, 0.717) is 24.8 Å². The van der Waals surface area contributed by atoms with Crippen molar-refractivity contribution in [1.29, 1.82) is 0 Å². The van der Waals surface area contributed by atoms with Gasteiger partial charge in [0.25, 0.3) is 0 Å². The number of rotatable bonds is 5. The third kappa shape index (κ3) is 5.55. The molecular formula is C11H17N3O2S. The molecule has 0 unspecified atom stereocenters. The largest absolute Gasteiger partial charge is 0.474 e. The first kappa shape index (κ1) is 13.8. The van der Waals surface area contributed by atoms with E-state index >= 15 is 0 Å². The molecule has 1 rings (SSSR count). The maximum absolute atomic E-state index is 5.50. The van der Waals surface area contributed by atoms with Gasteiger partial charge >= 0.3 is 0 Å². The summed E-state index contributed by atoms with van der Waals surface area (Å²) in [5.74, 6) is 0.433. The Morgan fingerprint density at radius 2 is 2.00 bits per heavy atom. The van der Waals surface area contributed by atoms with Gasteiger partial charge in [0, 0.05) is 0 Å². The van der Waals surface area contributed by atoms with Gasteiger partial charge in [0.2, 0.25) is 5.88 Å². The predicted octanol–water partition coefficient (Wildman–Crippen LogP) is 1.30. The molecule has 1 heterocycles. The molecule has 0 saturated heterocycles. The third-order valence-electron chi connectivity index (χ3n) is 1.75. The van der Waals surface area contributed by atoms with E-state index in [4.69, 9.17) is 27.4 Å². The molecule has 1 aromatic heterocycles. The standard InChI is InChI=1S/C11H17N3O2S/c1-11(2,3)16-5-4-15-9-7-13-8(6-14-9)10(12)17/h6-7H,4-5H2,1-3H3,(H2,12,17). The van der Waals surface area contributed by atoms with Crippen molar-refractivity contribution in [3.63, 3.8) is 0 Å². The smallest absolute Gasteiger partial charge is 0.232 e. The minimum atomic E-state index is -0.162. The Bertz CT molecular complexity index is 373. The number of nitrogens with zero attached hydrogens (tertiary/aromatic N) is 2. The normalized spacial score (nSPS) is 11.2. The molecule has 0 aliphatic carbocycles. The Labute approximate surface area is 106 Å². The molecule has 94 valence electrons. The average molecular weight is 255 g/mol. The van der Waals surface area contributed by atoms with Crippen molar-refractivity contribution in [2.75, 3.05) is 13.2 Å². The van der Waals surface area contributed by atoms with Crippen LogP contribution in [-0.4, -0.2) is 33.8 Å². The van der Waals surface area contributed by atoms with Crippen molar-refractivity contribution in [3.8, 4) is 5.88 Å². The Morgan fingerprint density at radius 3 is 2.47 bits per heavy atom. The van der Waals surface area contributed by atoms with Crippen LogP contribution in [0, 0.1) is 0 Å². The minimum absolute atomic E-state index is 0.162. The molecule has 0 spiro atoms. The van der Waals surface area contributed by atoms with Crippen LogP contribution in [-0.2, 0) is 4.74 Å². The fourth-order valence-electron chi connectivity index (χ4n) is 1.01. The van der Waals surface area contributed by atoms with Gasteiger partial charge in [-0.25, -0.2) is 9.97 Å². The van der Waals surface area contributed by atoms with E-state index in [1.807, 2.05) is 20.8 Å². The third-order valence-corrected chi connectivity index (χ3v) is 1.96. The van der Waals surface area contributed by atoms with Crippen LogP contribution < -0.4 is 10.5 Å². The van der Waals surface area contributed by atoms with Crippen molar-refractivity contribution in [2.45, 2.75) is 26.4 Å². The number of nitrogens with two attached hydrogens (primary N) is 1. The highest BCUT2D eigenvalue weighted by Gasteiger charge is 2.09. The summed E-state index contributed by atoms with van der Waals surface area (Å²) in [4.78, 5) is 8.26. The van der Waals surface area contributed by atoms with Gasteiger partial charge in [-0.05, 0) is 20.8 Å². The lowest BCUT2D eigenvalue weighted by atomic mass is 10.2. The van der Waals surface area contributed by atoms with E-state index in [-0.39, 0.29) is 10.6 Å². The van der Waals surface area contributed by atoms with Gasteiger partial charge in [0.15, 0.2) is 0 Å². The van der Waals surface area contributed by atoms with Gasteiger partial charge in [-0.3, -0.25) is 0 Å². The quantitative estimate of drug-likeness (QED) is 0.632. The number of hydrogen-bond donors (Lipinski definition) is 1. The Hall–Kier alpha value is -1.27. The first-order valence-electron chi connectivity index (χ1n) is 5.27. The van der Waals surface area contributed by atoms with Crippen LogP contribution in [0.3, 0.4) is 0 Å². The zero-order valence-corrected chi connectivity index (χ0v) is 11.1. The SMILES string of the molecule is CC(C)(C)OCCOc1cnc(C(N)=S)cn1. The van der Waals surface area contributed by atoms with Gasteiger partial charge in [-0.2, -0.15) is 0 Å². The molecule has 0 bridgehead atoms. The van der Waals surface area contributed by atoms with Gasteiger partial charge in [-0.1, -0.05) is 12.2 Å². The predicted molar refractivity (Wildman–Crippen MR) is 69.1 cm³/mol. The molecule has 1 aromatic rings. The lowest BCUT2D eigenvalue weighted by molar-refractivity contribution is -0.0168. The van der Waals surface area contributed by atoms with E-state index in [2.05, 4.69) is 9.97 Å². The molecule has 0 saturated carbocycles. The van der Waals surface area contributed by atoms with Gasteiger partial charge in [-0.15, -0.1) is 0 Å². The molecule has 0 fully saturated rings. The molecule has 0 aliphatic rings. The van der Waals surface area contributed by atoms with E-state index < -0.39 is 0 Å². The van der Waals surface area contributed by atoms with Crippen LogP contribution in [0.4, 0.5) is 0 Å². The molecule has 6 heteroatoms. The Kier molecular flexibility index (Phi) is 4.77. The van der Waals surface area contributed by atoms with E-state index in [9.17, 15) is 0 Å². The van der Waals surface area contributed by atoms with Crippen molar-refractivity contribution >= 4 is 17.2 Å². The maximum atomic E-state index is 5.50. The molecule has 0 radical (unpaired) electrons. The molecule has 0 aromatic carbocycles. The van der Waals surface area contributed by atoms with Gasteiger partial charge in [0.1, 0.15) is 17.3 Å². The summed E-state index contributed by atoms with van der Waals surface area (Å²) in [6, 6.07) is 0. The van der Waals surface area contributed by atoms with Crippen LogP contribution in [0.2, 0.25) is 0 Å². The van der Waals surface area contributed by atoms with Crippen molar-refractivity contribution in [2.24, 2.45) is 5.73 Å². The summed E-state index contributed by atoms with van der Waals surface area (Å²) in [7, 11) is 0. The van der Waals surface area contributed by atoms with Crippen LogP contribution in [0.1, 0.15) is 26.5 Å². The first-order chi connectivity index (χ1) is 7.88. The fourth-order valence-corrected chi connectivity index (χ4v) is 1.12. The zero-order valence-electron chi connectivity index (χ0n) is 10.3. The highest BCUT2D eigenvalue weighted by Crippen LogP contribution is 2.07. The molecule has 17 heavy (non-hydrogen) atoms. The molecule has 5 nitrogen and oxygen atoms in total. The van der Waals surface area contributed by atoms with E-state index in [1.165, 1.54) is 12.4 Å².